The highest BCUT2D eigenvalue weighted by atomic mass is 35.5. The van der Waals surface area contributed by atoms with Crippen LogP contribution in [0.25, 0.3) is 0 Å². The second-order valence-corrected chi connectivity index (χ2v) is 11.3. The van der Waals surface area contributed by atoms with Crippen LogP contribution in [0.4, 0.5) is 0 Å². The van der Waals surface area contributed by atoms with Crippen LogP contribution in [0.3, 0.4) is 0 Å². The number of halogens is 2. The lowest BCUT2D eigenvalue weighted by Crippen LogP contribution is -2.59. The van der Waals surface area contributed by atoms with E-state index in [0.717, 1.165) is 17.5 Å². The number of piperidine rings is 1. The molecule has 5 atom stereocenters. The van der Waals surface area contributed by atoms with Gasteiger partial charge in [0.25, 0.3) is 0 Å². The maximum atomic E-state index is 12.0. The van der Waals surface area contributed by atoms with Crippen LogP contribution in [0, 0.1) is 5.92 Å². The average Bonchev–Trinajstić information content (AvgIpc) is 2.79. The van der Waals surface area contributed by atoms with Gasteiger partial charge in [-0.1, -0.05) is 61.3 Å². The number of carboxylic acid groups (broad SMARTS) is 1. The smallest absolute Gasteiger partial charge is 0.306 e. The first kappa shape index (κ1) is 27.9. The van der Waals surface area contributed by atoms with Crippen LogP contribution in [-0.2, 0) is 9.53 Å². The van der Waals surface area contributed by atoms with E-state index in [9.17, 15) is 15.0 Å². The zero-order chi connectivity index (χ0) is 26.0. The van der Waals surface area contributed by atoms with Gasteiger partial charge < -0.3 is 14.9 Å². The SMILES string of the molecule is CCC(C(C)C(C)(C)O)N1CC(CC(=O)O)(OC)CC(c2cccc(Cl)c2)C1c1ccc(Cl)cc1. The predicted octanol–water partition coefficient (Wildman–Crippen LogP) is 6.57. The van der Waals surface area contributed by atoms with Gasteiger partial charge in [-0.05, 0) is 68.0 Å². The summed E-state index contributed by atoms with van der Waals surface area (Å²) in [5, 5.41) is 22.1. The number of benzene rings is 2. The Hall–Kier alpha value is -1.63. The van der Waals surface area contributed by atoms with Gasteiger partial charge in [0.2, 0.25) is 0 Å². The summed E-state index contributed by atoms with van der Waals surface area (Å²) in [4.78, 5) is 14.3. The van der Waals surface area contributed by atoms with Crippen molar-refractivity contribution in [3.8, 4) is 0 Å². The van der Waals surface area contributed by atoms with Crippen molar-refractivity contribution >= 4 is 29.2 Å². The van der Waals surface area contributed by atoms with Crippen molar-refractivity contribution in [2.45, 2.75) is 76.2 Å². The summed E-state index contributed by atoms with van der Waals surface area (Å²) in [5.41, 5.74) is 0.297. The fraction of sp³-hybridized carbons (Fsp3) is 0.536. The van der Waals surface area contributed by atoms with E-state index in [1.165, 1.54) is 0 Å². The lowest BCUT2D eigenvalue weighted by atomic mass is 9.71. The van der Waals surface area contributed by atoms with Crippen molar-refractivity contribution in [3.63, 3.8) is 0 Å². The van der Waals surface area contributed by atoms with Crippen molar-refractivity contribution in [2.24, 2.45) is 5.92 Å². The number of rotatable bonds is 9. The third-order valence-corrected chi connectivity index (χ3v) is 8.22. The molecule has 5 nitrogen and oxygen atoms in total. The van der Waals surface area contributed by atoms with E-state index >= 15 is 0 Å². The van der Waals surface area contributed by atoms with Crippen LogP contribution in [0.1, 0.15) is 70.0 Å². The van der Waals surface area contributed by atoms with Gasteiger partial charge >= 0.3 is 5.97 Å². The Bertz CT molecular complexity index is 1010. The van der Waals surface area contributed by atoms with Gasteiger partial charge in [0.15, 0.2) is 0 Å². The minimum absolute atomic E-state index is 0.0269. The number of methoxy groups -OCH3 is 1. The lowest BCUT2D eigenvalue weighted by molar-refractivity contribution is -0.156. The van der Waals surface area contributed by atoms with Crippen LogP contribution in [0.2, 0.25) is 10.0 Å². The maximum Gasteiger partial charge on any atom is 0.306 e. The number of aliphatic carboxylic acids is 1. The Morgan fingerprint density at radius 2 is 1.83 bits per heavy atom. The van der Waals surface area contributed by atoms with Crippen molar-refractivity contribution in [1.82, 2.24) is 4.90 Å². The Morgan fingerprint density at radius 3 is 2.34 bits per heavy atom. The summed E-state index contributed by atoms with van der Waals surface area (Å²) in [7, 11) is 1.60. The molecule has 0 aromatic heterocycles. The number of likely N-dealkylation sites (tertiary alicyclic amines) is 1. The summed E-state index contributed by atoms with van der Waals surface area (Å²) in [6.45, 7) is 8.26. The van der Waals surface area contributed by atoms with Gasteiger partial charge in [0.1, 0.15) is 0 Å². The molecule has 0 amide bonds. The minimum atomic E-state index is -0.920. The molecule has 0 aliphatic carbocycles. The van der Waals surface area contributed by atoms with E-state index in [1.807, 2.05) is 62.4 Å². The molecule has 1 aliphatic heterocycles. The van der Waals surface area contributed by atoms with Crippen LogP contribution in [-0.4, -0.2) is 52.0 Å². The summed E-state index contributed by atoms with van der Waals surface area (Å²) in [5.74, 6) is -1.07. The topological polar surface area (TPSA) is 70.0 Å². The average molecular weight is 523 g/mol. The number of ether oxygens (including phenoxy) is 1. The number of aliphatic hydroxyl groups is 1. The molecule has 0 spiro atoms. The highest BCUT2D eigenvalue weighted by Gasteiger charge is 2.50. The first-order valence-electron chi connectivity index (χ1n) is 12.2. The highest BCUT2D eigenvalue weighted by Crippen LogP contribution is 2.50. The van der Waals surface area contributed by atoms with Crippen molar-refractivity contribution in [3.05, 3.63) is 69.7 Å². The summed E-state index contributed by atoms with van der Waals surface area (Å²) < 4.78 is 6.03. The van der Waals surface area contributed by atoms with Crippen LogP contribution in [0.15, 0.2) is 48.5 Å². The Balaban J connectivity index is 2.24. The van der Waals surface area contributed by atoms with Crippen molar-refractivity contribution in [2.75, 3.05) is 13.7 Å². The largest absolute Gasteiger partial charge is 0.481 e. The van der Waals surface area contributed by atoms with Gasteiger partial charge in [-0.2, -0.15) is 0 Å². The lowest BCUT2D eigenvalue weighted by Gasteiger charge is -2.54. The van der Waals surface area contributed by atoms with Crippen LogP contribution < -0.4 is 0 Å². The molecule has 2 N–H and O–H groups in total. The van der Waals surface area contributed by atoms with Crippen LogP contribution >= 0.6 is 23.2 Å². The molecular weight excluding hydrogens is 485 g/mol. The molecule has 35 heavy (non-hydrogen) atoms. The Morgan fingerprint density at radius 1 is 1.17 bits per heavy atom. The normalized spacial score (nSPS) is 25.3. The molecule has 1 fully saturated rings. The Labute approximate surface area is 219 Å². The molecule has 0 saturated carbocycles. The fourth-order valence-electron chi connectivity index (χ4n) is 5.65. The van der Waals surface area contributed by atoms with E-state index < -0.39 is 17.2 Å². The van der Waals surface area contributed by atoms with Gasteiger partial charge in [-0.3, -0.25) is 9.69 Å². The second kappa shape index (κ2) is 11.2. The first-order chi connectivity index (χ1) is 16.4. The van der Waals surface area contributed by atoms with Gasteiger partial charge in [0, 0.05) is 41.7 Å². The monoisotopic (exact) mass is 521 g/mol. The third-order valence-electron chi connectivity index (χ3n) is 7.73. The zero-order valence-electron chi connectivity index (χ0n) is 21.2. The number of carbonyl (C=O) groups is 1. The molecule has 1 aliphatic rings. The van der Waals surface area contributed by atoms with E-state index in [1.54, 1.807) is 7.11 Å². The molecule has 0 bridgehead atoms. The van der Waals surface area contributed by atoms with Gasteiger partial charge in [-0.25, -0.2) is 0 Å². The number of hydrogen-bond donors (Lipinski definition) is 2. The van der Waals surface area contributed by atoms with E-state index in [2.05, 4.69) is 18.7 Å². The summed E-state index contributed by atoms with van der Waals surface area (Å²) in [6, 6.07) is 15.5. The third kappa shape index (κ3) is 6.39. The van der Waals surface area contributed by atoms with Crippen LogP contribution in [0.5, 0.6) is 0 Å². The highest BCUT2D eigenvalue weighted by molar-refractivity contribution is 6.30. The van der Waals surface area contributed by atoms with Crippen molar-refractivity contribution < 1.29 is 19.7 Å². The molecule has 5 unspecified atom stereocenters. The minimum Gasteiger partial charge on any atom is -0.481 e. The van der Waals surface area contributed by atoms with Crippen molar-refractivity contribution in [1.29, 1.82) is 0 Å². The quantitative estimate of drug-likeness (QED) is 0.390. The van der Waals surface area contributed by atoms with E-state index in [-0.39, 0.29) is 30.3 Å². The molecule has 2 aromatic carbocycles. The van der Waals surface area contributed by atoms with E-state index in [0.29, 0.717) is 23.0 Å². The molecule has 1 heterocycles. The molecule has 192 valence electrons. The number of carboxylic acids is 1. The fourth-order valence-corrected chi connectivity index (χ4v) is 5.98. The van der Waals surface area contributed by atoms with Gasteiger partial charge in [-0.15, -0.1) is 0 Å². The molecular formula is C28H37Cl2NO4. The Kier molecular flexibility index (Phi) is 8.93. The standard InChI is InChI=1S/C28H37Cl2NO4/c1-6-24(18(2)27(3,4)34)31-17-28(35-5,16-25(32)33)15-23(20-8-7-9-22(30)14-20)26(31)19-10-12-21(29)13-11-19/h7-14,18,23-24,26,34H,6,15-17H2,1-5H3,(H,32,33). The first-order valence-corrected chi connectivity index (χ1v) is 12.9. The molecule has 7 heteroatoms. The number of hydrogen-bond acceptors (Lipinski definition) is 4. The molecule has 2 aromatic rings. The maximum absolute atomic E-state index is 12.0. The second-order valence-electron chi connectivity index (χ2n) is 10.4. The molecule has 0 radical (unpaired) electrons. The van der Waals surface area contributed by atoms with E-state index in [4.69, 9.17) is 27.9 Å². The van der Waals surface area contributed by atoms with Gasteiger partial charge in [0.05, 0.1) is 17.6 Å². The molecule has 3 rings (SSSR count). The summed E-state index contributed by atoms with van der Waals surface area (Å²) in [6.07, 6.45) is 1.19. The zero-order valence-corrected chi connectivity index (χ0v) is 22.7. The molecule has 1 saturated heterocycles. The predicted molar refractivity (Wildman–Crippen MR) is 141 cm³/mol. The number of nitrogens with zero attached hydrogens (tertiary/aromatic N) is 1. The summed E-state index contributed by atoms with van der Waals surface area (Å²) >= 11 is 12.7.